The Morgan fingerprint density at radius 1 is 1.00 bits per heavy atom. The van der Waals surface area contributed by atoms with Gasteiger partial charge < -0.3 is 10.2 Å². The van der Waals surface area contributed by atoms with Crippen molar-refractivity contribution in [2.45, 2.75) is 18.0 Å². The highest BCUT2D eigenvalue weighted by Crippen LogP contribution is 2.27. The molecule has 0 bridgehead atoms. The maximum atomic E-state index is 12.7. The quantitative estimate of drug-likeness (QED) is 0.309. The number of halogens is 1. The zero-order valence-corrected chi connectivity index (χ0v) is 16.4. The lowest BCUT2D eigenvalue weighted by atomic mass is 10.1. The van der Waals surface area contributed by atoms with Gasteiger partial charge in [0.2, 0.25) is 10.0 Å². The van der Waals surface area contributed by atoms with Crippen LogP contribution in [0, 0.1) is 10.2 Å². The number of nitrogens with zero attached hydrogens (tertiary/aromatic N) is 1. The number of quaternary nitrogens is 1. The molecule has 1 unspecified atom stereocenters. The number of fused-ring (bicyclic) bond motifs is 1. The van der Waals surface area contributed by atoms with Gasteiger partial charge in [0.15, 0.2) is 6.17 Å². The number of anilines is 1. The molecule has 0 amide bonds. The minimum atomic E-state index is -4.94. The Hall–Kier alpha value is -1.50. The number of nitrogens with one attached hydrogen (secondary N) is 1. The van der Waals surface area contributed by atoms with Gasteiger partial charge in [0.25, 0.3) is 0 Å². The SMILES string of the molecule is CC(NS(=O)(=O)c1ccc(N)c2ccccc12)[N+](C)(C)C.[O-][Cl+3]([O-])([O-])[O-]. The van der Waals surface area contributed by atoms with Gasteiger partial charge in [0.1, 0.15) is 0 Å². The topological polar surface area (TPSA) is 164 Å². The van der Waals surface area contributed by atoms with E-state index in [4.69, 9.17) is 24.4 Å². The lowest BCUT2D eigenvalue weighted by Gasteiger charge is -2.31. The lowest BCUT2D eigenvalue weighted by molar-refractivity contribution is -2.00. The second-order valence-electron chi connectivity index (χ2n) is 6.49. The van der Waals surface area contributed by atoms with Crippen molar-refractivity contribution in [3.8, 4) is 0 Å². The van der Waals surface area contributed by atoms with Crippen molar-refractivity contribution in [1.29, 1.82) is 0 Å². The molecule has 0 aliphatic heterocycles. The summed E-state index contributed by atoms with van der Waals surface area (Å²) >= 11 is 0. The molecule has 0 spiro atoms. The Balaban J connectivity index is 0.000000597. The van der Waals surface area contributed by atoms with Crippen LogP contribution in [0.2, 0.25) is 0 Å². The third-order valence-electron chi connectivity index (χ3n) is 3.69. The van der Waals surface area contributed by atoms with Crippen molar-refractivity contribution >= 4 is 26.5 Å². The summed E-state index contributed by atoms with van der Waals surface area (Å²) in [6, 6.07) is 10.4. The number of hydrogen-bond donors (Lipinski definition) is 2. The Labute approximate surface area is 154 Å². The first-order valence-corrected chi connectivity index (χ1v) is 10.1. The second kappa shape index (κ2) is 8.03. The Kier molecular flexibility index (Phi) is 6.96. The Morgan fingerprint density at radius 3 is 1.92 bits per heavy atom. The molecule has 2 aromatic carbocycles. The molecule has 26 heavy (non-hydrogen) atoms. The van der Waals surface area contributed by atoms with Crippen LogP contribution in [0.3, 0.4) is 0 Å². The van der Waals surface area contributed by atoms with Gasteiger partial charge >= 0.3 is 0 Å². The van der Waals surface area contributed by atoms with E-state index < -0.39 is 20.3 Å². The average molecular weight is 408 g/mol. The van der Waals surface area contributed by atoms with E-state index in [1.165, 1.54) is 0 Å². The molecule has 1 atom stereocenters. The highest BCUT2D eigenvalue weighted by molar-refractivity contribution is 7.89. The van der Waals surface area contributed by atoms with Crippen LogP contribution >= 0.6 is 0 Å². The predicted molar refractivity (Wildman–Crippen MR) is 86.2 cm³/mol. The summed E-state index contributed by atoms with van der Waals surface area (Å²) in [5.41, 5.74) is 6.49. The summed E-state index contributed by atoms with van der Waals surface area (Å²) < 4.78 is 62.5. The molecule has 3 N–H and O–H groups in total. The summed E-state index contributed by atoms with van der Waals surface area (Å²) in [5.74, 6) is 0. The van der Waals surface area contributed by atoms with Gasteiger partial charge in [-0.25, -0.2) is 27.1 Å². The van der Waals surface area contributed by atoms with Crippen molar-refractivity contribution < 1.29 is 41.8 Å². The molecule has 0 heterocycles. The molecule has 146 valence electrons. The molecule has 0 aromatic heterocycles. The zero-order valence-electron chi connectivity index (χ0n) is 14.8. The molecule has 9 nitrogen and oxygen atoms in total. The van der Waals surface area contributed by atoms with Gasteiger partial charge in [-0.05, 0) is 12.1 Å². The van der Waals surface area contributed by atoms with Gasteiger partial charge in [0, 0.05) is 23.4 Å². The largest absolute Gasteiger partial charge is 0.398 e. The van der Waals surface area contributed by atoms with Crippen LogP contribution in [0.5, 0.6) is 0 Å². The first-order chi connectivity index (χ1) is 11.6. The lowest BCUT2D eigenvalue weighted by Crippen LogP contribution is -2.68. The normalized spacial score (nSPS) is 13.8. The molecule has 0 aliphatic rings. The van der Waals surface area contributed by atoms with Crippen LogP contribution in [0.15, 0.2) is 41.3 Å². The van der Waals surface area contributed by atoms with E-state index in [1.54, 1.807) is 18.2 Å². The van der Waals surface area contributed by atoms with Crippen molar-refractivity contribution in [2.75, 3.05) is 26.9 Å². The smallest absolute Gasteiger partial charge is 0.245 e. The second-order valence-corrected chi connectivity index (χ2v) is 8.93. The minimum absolute atomic E-state index is 0.244. The van der Waals surface area contributed by atoms with E-state index in [-0.39, 0.29) is 11.1 Å². The fourth-order valence-electron chi connectivity index (χ4n) is 1.98. The highest BCUT2D eigenvalue weighted by atomic mass is 35.7. The Bertz CT molecular complexity index is 856. The van der Waals surface area contributed by atoms with Gasteiger partial charge in [-0.2, -0.15) is 4.72 Å². The standard InChI is InChI=1S/C15H22N3O2S.ClHO4/c1-11(18(2,3)4)17-21(19,20)15-10-9-14(16)12-7-5-6-8-13(12)15;2-1(3,4)5/h5-11,17H,16H2,1-4H3;(H,2,3,4,5)/q+1;/p-1. The number of hydrogen-bond acceptors (Lipinski definition) is 7. The molecule has 0 saturated carbocycles. The molecule has 0 radical (unpaired) electrons. The van der Waals surface area contributed by atoms with E-state index in [1.807, 2.05) is 46.3 Å². The zero-order chi connectivity index (χ0) is 20.3. The van der Waals surface area contributed by atoms with Gasteiger partial charge in [-0.1, -0.05) is 24.3 Å². The molecule has 2 aromatic rings. The fourth-order valence-corrected chi connectivity index (χ4v) is 3.58. The molecule has 2 rings (SSSR count). The predicted octanol–water partition coefficient (Wildman–Crippen LogP) is -3.00. The van der Waals surface area contributed by atoms with Crippen LogP contribution < -0.4 is 29.1 Å². The Morgan fingerprint density at radius 2 is 1.46 bits per heavy atom. The number of nitrogens with two attached hydrogens (primary N) is 1. The van der Waals surface area contributed by atoms with Crippen LogP contribution in [0.4, 0.5) is 5.69 Å². The number of sulfonamides is 1. The van der Waals surface area contributed by atoms with E-state index in [0.717, 1.165) is 5.39 Å². The van der Waals surface area contributed by atoms with Crippen LogP contribution in [0.1, 0.15) is 6.92 Å². The van der Waals surface area contributed by atoms with E-state index in [0.29, 0.717) is 15.6 Å². The van der Waals surface area contributed by atoms with Crippen molar-refractivity contribution in [2.24, 2.45) is 0 Å². The first kappa shape index (κ1) is 22.5. The first-order valence-electron chi connectivity index (χ1n) is 7.35. The summed E-state index contributed by atoms with van der Waals surface area (Å²) in [4.78, 5) is 0.257. The summed E-state index contributed by atoms with van der Waals surface area (Å²) in [7, 11) is -2.74. The van der Waals surface area contributed by atoms with E-state index in [9.17, 15) is 8.42 Å². The van der Waals surface area contributed by atoms with Gasteiger partial charge in [-0.15, -0.1) is 10.2 Å². The average Bonchev–Trinajstić information content (AvgIpc) is 2.44. The highest BCUT2D eigenvalue weighted by Gasteiger charge is 2.26. The molecular weight excluding hydrogens is 386 g/mol. The maximum Gasteiger partial charge on any atom is 0.245 e. The summed E-state index contributed by atoms with van der Waals surface area (Å²) in [6.07, 6.45) is -0.244. The molecule has 0 saturated heterocycles. The molecular formula is C15H22ClN3O6S. The number of nitrogen functional groups attached to an aromatic ring is 1. The third kappa shape index (κ3) is 6.67. The van der Waals surface area contributed by atoms with Crippen molar-refractivity contribution in [3.05, 3.63) is 36.4 Å². The summed E-state index contributed by atoms with van der Waals surface area (Å²) in [6.45, 7) is 1.84. The van der Waals surface area contributed by atoms with Crippen molar-refractivity contribution in [3.63, 3.8) is 0 Å². The molecule has 0 aliphatic carbocycles. The minimum Gasteiger partial charge on any atom is -0.398 e. The fraction of sp³-hybridized carbons (Fsp3) is 0.333. The van der Waals surface area contributed by atoms with Gasteiger partial charge in [-0.3, -0.25) is 0 Å². The number of benzene rings is 2. The van der Waals surface area contributed by atoms with E-state index >= 15 is 0 Å². The van der Waals surface area contributed by atoms with E-state index in [2.05, 4.69) is 4.72 Å². The monoisotopic (exact) mass is 407 g/mol. The van der Waals surface area contributed by atoms with Crippen molar-refractivity contribution in [1.82, 2.24) is 4.72 Å². The van der Waals surface area contributed by atoms with Crippen LogP contribution in [0.25, 0.3) is 10.8 Å². The van der Waals surface area contributed by atoms with Gasteiger partial charge in [0.05, 0.1) is 26.0 Å². The summed E-state index contributed by atoms with van der Waals surface area (Å²) in [5, 5.41) is 1.39. The number of rotatable bonds is 4. The molecule has 11 heteroatoms. The van der Waals surface area contributed by atoms with Crippen LogP contribution in [-0.4, -0.2) is 40.2 Å². The van der Waals surface area contributed by atoms with Crippen LogP contribution in [-0.2, 0) is 10.0 Å². The third-order valence-corrected chi connectivity index (χ3v) is 5.28. The molecule has 0 fully saturated rings. The maximum absolute atomic E-state index is 12.7.